The van der Waals surface area contributed by atoms with E-state index in [1.165, 1.54) is 18.4 Å². The standard InChI is InChI=1S/C32H50O4/c1-20(2)21-10-15-32(27(35)36-7)17-16-30(5)22(26(21)32)8-9-24-28(3)13-12-25(34)29(4,18-19-33)23(28)11-14-31(24,30)6/h19,21-26,34H,1,8-18H2,2-7H3/t21-,22+,23+,24+,25?,26+,28-,29?,30+,31+,32-/m0/s1. The van der Waals surface area contributed by atoms with Gasteiger partial charge < -0.3 is 14.6 Å². The lowest BCUT2D eigenvalue weighted by Crippen LogP contribution is -2.67. The molecule has 0 bridgehead atoms. The molecule has 5 saturated carbocycles. The fraction of sp³-hybridized carbons (Fsp3) is 0.875. The van der Waals surface area contributed by atoms with Gasteiger partial charge in [0.25, 0.3) is 0 Å². The van der Waals surface area contributed by atoms with Crippen LogP contribution in [-0.2, 0) is 14.3 Å². The van der Waals surface area contributed by atoms with Gasteiger partial charge in [0, 0.05) is 11.8 Å². The van der Waals surface area contributed by atoms with Crippen molar-refractivity contribution >= 4 is 12.3 Å². The molecule has 0 aromatic rings. The Morgan fingerprint density at radius 3 is 2.31 bits per heavy atom. The molecule has 5 aliphatic rings. The van der Waals surface area contributed by atoms with Gasteiger partial charge in [-0.25, -0.2) is 0 Å². The molecule has 5 fully saturated rings. The van der Waals surface area contributed by atoms with Crippen LogP contribution in [0.1, 0.15) is 105 Å². The number of methoxy groups -OCH3 is 1. The number of carbonyl (C=O) groups excluding carboxylic acids is 2. The first kappa shape index (κ1) is 26.4. The van der Waals surface area contributed by atoms with Crippen LogP contribution in [0.5, 0.6) is 0 Å². The van der Waals surface area contributed by atoms with Crippen LogP contribution in [0.2, 0.25) is 0 Å². The van der Waals surface area contributed by atoms with Crippen LogP contribution in [0.25, 0.3) is 0 Å². The maximum Gasteiger partial charge on any atom is 0.312 e. The molecule has 4 heteroatoms. The zero-order valence-electron chi connectivity index (χ0n) is 23.7. The van der Waals surface area contributed by atoms with Gasteiger partial charge in [0.05, 0.1) is 18.6 Å². The summed E-state index contributed by atoms with van der Waals surface area (Å²) in [5.41, 5.74) is 1.07. The third-order valence-corrected chi connectivity index (χ3v) is 14.0. The van der Waals surface area contributed by atoms with Crippen molar-refractivity contribution < 1.29 is 19.4 Å². The van der Waals surface area contributed by atoms with E-state index in [2.05, 4.69) is 41.2 Å². The zero-order valence-corrected chi connectivity index (χ0v) is 23.7. The van der Waals surface area contributed by atoms with Crippen molar-refractivity contribution in [1.29, 1.82) is 0 Å². The maximum absolute atomic E-state index is 13.4. The molecule has 2 unspecified atom stereocenters. The van der Waals surface area contributed by atoms with Crippen molar-refractivity contribution in [3.63, 3.8) is 0 Å². The Labute approximate surface area is 219 Å². The quantitative estimate of drug-likeness (QED) is 0.265. The molecule has 0 spiro atoms. The molecule has 11 atom stereocenters. The third kappa shape index (κ3) is 3.09. The molecule has 0 heterocycles. The van der Waals surface area contributed by atoms with Crippen LogP contribution in [0.4, 0.5) is 0 Å². The predicted octanol–water partition coefficient (Wildman–Crippen LogP) is 6.75. The number of hydrogen-bond donors (Lipinski definition) is 1. The minimum Gasteiger partial charge on any atom is -0.469 e. The summed E-state index contributed by atoms with van der Waals surface area (Å²) in [4.78, 5) is 25.1. The smallest absolute Gasteiger partial charge is 0.312 e. The molecule has 0 aromatic heterocycles. The molecule has 0 radical (unpaired) electrons. The monoisotopic (exact) mass is 498 g/mol. The number of allylic oxidation sites excluding steroid dienone is 1. The lowest BCUT2D eigenvalue weighted by atomic mass is 9.32. The van der Waals surface area contributed by atoms with Crippen LogP contribution in [0, 0.1) is 56.7 Å². The van der Waals surface area contributed by atoms with Crippen molar-refractivity contribution in [3.8, 4) is 0 Å². The van der Waals surface area contributed by atoms with Gasteiger partial charge >= 0.3 is 5.97 Å². The Kier molecular flexibility index (Phi) is 6.18. The predicted molar refractivity (Wildman–Crippen MR) is 142 cm³/mol. The van der Waals surface area contributed by atoms with Gasteiger partial charge in [0.15, 0.2) is 0 Å². The summed E-state index contributed by atoms with van der Waals surface area (Å²) in [5, 5.41) is 11.1. The number of ether oxygens (including phenoxy) is 1. The average molecular weight is 499 g/mol. The van der Waals surface area contributed by atoms with Crippen molar-refractivity contribution in [3.05, 3.63) is 12.2 Å². The highest BCUT2D eigenvalue weighted by Crippen LogP contribution is 2.77. The first-order valence-corrected chi connectivity index (χ1v) is 14.7. The summed E-state index contributed by atoms with van der Waals surface area (Å²) in [7, 11) is 1.57. The molecule has 0 saturated heterocycles. The van der Waals surface area contributed by atoms with Crippen molar-refractivity contribution in [2.75, 3.05) is 7.11 Å². The minimum absolute atomic E-state index is 0.0205. The van der Waals surface area contributed by atoms with Gasteiger partial charge in [-0.2, -0.15) is 0 Å². The Hall–Kier alpha value is -1.16. The van der Waals surface area contributed by atoms with Crippen LogP contribution in [-0.4, -0.2) is 30.6 Å². The average Bonchev–Trinajstić information content (AvgIpc) is 3.23. The van der Waals surface area contributed by atoms with Crippen molar-refractivity contribution in [2.45, 2.75) is 111 Å². The second kappa shape index (κ2) is 8.42. The lowest BCUT2D eigenvalue weighted by molar-refractivity contribution is -0.250. The summed E-state index contributed by atoms with van der Waals surface area (Å²) in [5.74, 6) is 2.22. The zero-order chi connectivity index (χ0) is 26.3. The van der Waals surface area contributed by atoms with E-state index in [0.29, 0.717) is 36.0 Å². The summed E-state index contributed by atoms with van der Waals surface area (Å²) in [6.45, 7) is 16.4. The largest absolute Gasteiger partial charge is 0.469 e. The molecule has 0 aromatic carbocycles. The number of carbonyl (C=O) groups is 2. The summed E-state index contributed by atoms with van der Waals surface area (Å²) in [6.07, 6.45) is 11.6. The van der Waals surface area contributed by atoms with Crippen LogP contribution in [0.3, 0.4) is 0 Å². The highest BCUT2D eigenvalue weighted by Gasteiger charge is 2.72. The van der Waals surface area contributed by atoms with Crippen molar-refractivity contribution in [1.82, 2.24) is 0 Å². The highest BCUT2D eigenvalue weighted by molar-refractivity contribution is 5.78. The summed E-state index contributed by atoms with van der Waals surface area (Å²) in [6, 6.07) is 0. The highest BCUT2D eigenvalue weighted by atomic mass is 16.5. The van der Waals surface area contributed by atoms with Crippen LogP contribution >= 0.6 is 0 Å². The molecule has 0 amide bonds. The fourth-order valence-electron chi connectivity index (χ4n) is 12.0. The molecule has 5 rings (SSSR count). The molecule has 5 aliphatic carbocycles. The Bertz CT molecular complexity index is 942. The molecular formula is C32H50O4. The molecule has 4 nitrogen and oxygen atoms in total. The molecule has 36 heavy (non-hydrogen) atoms. The van der Waals surface area contributed by atoms with Gasteiger partial charge in [-0.1, -0.05) is 39.8 Å². The van der Waals surface area contributed by atoms with Gasteiger partial charge in [-0.15, -0.1) is 0 Å². The second-order valence-electron chi connectivity index (χ2n) is 14.8. The number of rotatable bonds is 4. The number of aldehydes is 1. The van der Waals surface area contributed by atoms with E-state index in [4.69, 9.17) is 4.74 Å². The Balaban J connectivity index is 1.56. The topological polar surface area (TPSA) is 63.6 Å². The fourth-order valence-corrected chi connectivity index (χ4v) is 12.0. The maximum atomic E-state index is 13.4. The van der Waals surface area contributed by atoms with Gasteiger partial charge in [-0.3, -0.25) is 4.79 Å². The third-order valence-electron chi connectivity index (χ3n) is 14.0. The van der Waals surface area contributed by atoms with E-state index in [-0.39, 0.29) is 39.1 Å². The first-order valence-electron chi connectivity index (χ1n) is 14.7. The normalized spacial score (nSPS) is 53.9. The Morgan fingerprint density at radius 2 is 1.67 bits per heavy atom. The number of fused-ring (bicyclic) bond motifs is 7. The molecular weight excluding hydrogens is 448 g/mol. The molecule has 202 valence electrons. The van der Waals surface area contributed by atoms with E-state index < -0.39 is 0 Å². The Morgan fingerprint density at radius 1 is 0.944 bits per heavy atom. The van der Waals surface area contributed by atoms with Crippen LogP contribution in [0.15, 0.2) is 12.2 Å². The minimum atomic E-state index is -0.387. The SMILES string of the molecule is C=C(C)[C@@H]1CC[C@]2(C(=O)OC)CC[C@]3(C)[C@H](CC[C@@H]4[C@@]5(C)CCC(O)C(C)(CC=O)[C@@H]5CC[C@]43C)[C@@H]12. The van der Waals surface area contributed by atoms with Gasteiger partial charge in [-0.05, 0) is 117 Å². The molecule has 0 aliphatic heterocycles. The lowest BCUT2D eigenvalue weighted by Gasteiger charge is -2.72. The number of hydrogen-bond acceptors (Lipinski definition) is 4. The van der Waals surface area contributed by atoms with Crippen LogP contribution < -0.4 is 0 Å². The van der Waals surface area contributed by atoms with Gasteiger partial charge in [0.1, 0.15) is 6.29 Å². The summed E-state index contributed by atoms with van der Waals surface area (Å²) >= 11 is 0. The van der Waals surface area contributed by atoms with E-state index in [9.17, 15) is 14.7 Å². The number of aliphatic hydroxyl groups excluding tert-OH is 1. The van der Waals surface area contributed by atoms with Crippen molar-refractivity contribution in [2.24, 2.45) is 56.7 Å². The van der Waals surface area contributed by atoms with E-state index in [1.54, 1.807) is 7.11 Å². The summed E-state index contributed by atoms with van der Waals surface area (Å²) < 4.78 is 5.49. The molecule has 1 N–H and O–H groups in total. The van der Waals surface area contributed by atoms with E-state index >= 15 is 0 Å². The second-order valence-corrected chi connectivity index (χ2v) is 14.8. The van der Waals surface area contributed by atoms with E-state index in [1.807, 2.05) is 0 Å². The van der Waals surface area contributed by atoms with Gasteiger partial charge in [0.2, 0.25) is 0 Å². The number of esters is 1. The first-order chi connectivity index (χ1) is 16.9. The van der Waals surface area contributed by atoms with E-state index in [0.717, 1.165) is 57.7 Å². The number of aliphatic hydroxyl groups is 1.